The SMILES string of the molecule is CCCCCCc1ccsc1B(O)O. The third-order valence-electron chi connectivity index (χ3n) is 2.31. The van der Waals surface area contributed by atoms with Crippen LogP contribution in [-0.2, 0) is 6.42 Å². The Morgan fingerprint density at radius 3 is 2.71 bits per heavy atom. The van der Waals surface area contributed by atoms with Crippen LogP contribution < -0.4 is 4.78 Å². The molecule has 0 bridgehead atoms. The predicted molar refractivity (Wildman–Crippen MR) is 62.0 cm³/mol. The Morgan fingerprint density at radius 2 is 2.07 bits per heavy atom. The average Bonchev–Trinajstić information content (AvgIpc) is 2.60. The van der Waals surface area contributed by atoms with Gasteiger partial charge in [0.2, 0.25) is 0 Å². The first-order chi connectivity index (χ1) is 6.75. The number of unbranched alkanes of at least 4 members (excludes halogenated alkanes) is 3. The highest BCUT2D eigenvalue weighted by Crippen LogP contribution is 2.10. The van der Waals surface area contributed by atoms with Crippen LogP contribution in [0.3, 0.4) is 0 Å². The molecule has 0 aliphatic heterocycles. The van der Waals surface area contributed by atoms with Crippen LogP contribution in [0.15, 0.2) is 11.4 Å². The Hall–Kier alpha value is -0.315. The molecule has 0 aliphatic rings. The van der Waals surface area contributed by atoms with Crippen molar-refractivity contribution in [3.63, 3.8) is 0 Å². The molecular weight excluding hydrogens is 195 g/mol. The van der Waals surface area contributed by atoms with Crippen LogP contribution in [0.2, 0.25) is 0 Å². The lowest BCUT2D eigenvalue weighted by molar-refractivity contribution is 0.426. The Bertz CT molecular complexity index is 260. The summed E-state index contributed by atoms with van der Waals surface area (Å²) < 4.78 is 0.710. The van der Waals surface area contributed by atoms with Crippen LogP contribution in [0.25, 0.3) is 0 Å². The molecule has 0 spiro atoms. The van der Waals surface area contributed by atoms with Crippen LogP contribution in [-0.4, -0.2) is 17.2 Å². The second-order valence-electron chi connectivity index (χ2n) is 3.49. The Balaban J connectivity index is 2.38. The molecule has 0 atom stereocenters. The lowest BCUT2D eigenvalue weighted by atomic mass is 9.85. The van der Waals surface area contributed by atoms with Crippen LogP contribution in [0, 0.1) is 0 Å². The van der Waals surface area contributed by atoms with Crippen molar-refractivity contribution in [1.29, 1.82) is 0 Å². The average molecular weight is 212 g/mol. The van der Waals surface area contributed by atoms with E-state index in [1.54, 1.807) is 0 Å². The number of aryl methyl sites for hydroxylation is 1. The molecule has 0 aliphatic carbocycles. The van der Waals surface area contributed by atoms with Gasteiger partial charge in [0.1, 0.15) is 0 Å². The highest BCUT2D eigenvalue weighted by Gasteiger charge is 2.16. The molecule has 0 radical (unpaired) electrons. The van der Waals surface area contributed by atoms with Crippen molar-refractivity contribution in [3.8, 4) is 0 Å². The number of hydrogen-bond donors (Lipinski definition) is 2. The lowest BCUT2D eigenvalue weighted by Gasteiger charge is -2.02. The Labute approximate surface area is 89.7 Å². The number of thiophene rings is 1. The van der Waals surface area contributed by atoms with E-state index >= 15 is 0 Å². The minimum atomic E-state index is -1.30. The van der Waals surface area contributed by atoms with E-state index < -0.39 is 7.12 Å². The molecule has 2 nitrogen and oxygen atoms in total. The molecule has 1 aromatic rings. The van der Waals surface area contributed by atoms with E-state index in [2.05, 4.69) is 6.92 Å². The summed E-state index contributed by atoms with van der Waals surface area (Å²) in [5.41, 5.74) is 1.10. The summed E-state index contributed by atoms with van der Waals surface area (Å²) in [4.78, 5) is 0. The van der Waals surface area contributed by atoms with Gasteiger partial charge in [-0.25, -0.2) is 0 Å². The van der Waals surface area contributed by atoms with E-state index in [1.165, 1.54) is 30.6 Å². The molecule has 78 valence electrons. The molecule has 0 fully saturated rings. The summed E-state index contributed by atoms with van der Waals surface area (Å²) in [5, 5.41) is 20.0. The summed E-state index contributed by atoms with van der Waals surface area (Å²) >= 11 is 1.42. The van der Waals surface area contributed by atoms with E-state index in [0.29, 0.717) is 4.78 Å². The highest BCUT2D eigenvalue weighted by molar-refractivity contribution is 7.20. The minimum absolute atomic E-state index is 0.710. The molecule has 1 heterocycles. The maximum atomic E-state index is 9.06. The normalized spacial score (nSPS) is 10.5. The summed E-state index contributed by atoms with van der Waals surface area (Å²) in [6.45, 7) is 2.19. The van der Waals surface area contributed by atoms with E-state index in [-0.39, 0.29) is 0 Å². The van der Waals surface area contributed by atoms with Gasteiger partial charge in [-0.3, -0.25) is 0 Å². The molecule has 14 heavy (non-hydrogen) atoms. The molecule has 1 aromatic heterocycles. The molecule has 0 saturated heterocycles. The van der Waals surface area contributed by atoms with Crippen LogP contribution in [0.1, 0.15) is 38.2 Å². The first-order valence-corrected chi connectivity index (χ1v) is 6.06. The Morgan fingerprint density at radius 1 is 1.29 bits per heavy atom. The third-order valence-corrected chi connectivity index (χ3v) is 3.31. The summed E-state index contributed by atoms with van der Waals surface area (Å²) in [6, 6.07) is 1.99. The van der Waals surface area contributed by atoms with Crippen molar-refractivity contribution in [2.75, 3.05) is 0 Å². The van der Waals surface area contributed by atoms with Crippen molar-refractivity contribution in [1.82, 2.24) is 0 Å². The first kappa shape index (κ1) is 11.8. The van der Waals surface area contributed by atoms with Crippen LogP contribution >= 0.6 is 11.3 Å². The van der Waals surface area contributed by atoms with Crippen molar-refractivity contribution < 1.29 is 10.0 Å². The fraction of sp³-hybridized carbons (Fsp3) is 0.600. The van der Waals surface area contributed by atoms with Gasteiger partial charge < -0.3 is 10.0 Å². The maximum absolute atomic E-state index is 9.06. The molecule has 0 saturated carbocycles. The standard InChI is InChI=1S/C10H17BO2S/c1-2-3-4-5-6-9-7-8-14-10(9)11(12)13/h7-8,12-13H,2-6H2,1H3. The predicted octanol–water partition coefficient (Wildman–Crippen LogP) is 1.55. The van der Waals surface area contributed by atoms with Crippen molar-refractivity contribution in [3.05, 3.63) is 17.0 Å². The summed E-state index contributed by atoms with van der Waals surface area (Å²) in [7, 11) is -1.30. The van der Waals surface area contributed by atoms with Gasteiger partial charge in [0.25, 0.3) is 0 Å². The van der Waals surface area contributed by atoms with Gasteiger partial charge in [-0.15, -0.1) is 0 Å². The largest absolute Gasteiger partial charge is 0.499 e. The lowest BCUT2D eigenvalue weighted by Crippen LogP contribution is -2.29. The molecule has 0 unspecified atom stereocenters. The zero-order chi connectivity index (χ0) is 10.4. The van der Waals surface area contributed by atoms with Crippen LogP contribution in [0.5, 0.6) is 0 Å². The minimum Gasteiger partial charge on any atom is -0.423 e. The van der Waals surface area contributed by atoms with Crippen molar-refractivity contribution in [2.45, 2.75) is 39.0 Å². The summed E-state index contributed by atoms with van der Waals surface area (Å²) in [5.74, 6) is 0. The second kappa shape index (κ2) is 6.22. The molecule has 0 amide bonds. The molecule has 0 aromatic carbocycles. The number of rotatable bonds is 6. The van der Waals surface area contributed by atoms with E-state index in [0.717, 1.165) is 18.4 Å². The quantitative estimate of drug-likeness (QED) is 0.554. The third kappa shape index (κ3) is 3.44. The Kier molecular flexibility index (Phi) is 5.23. The molecule has 4 heteroatoms. The van der Waals surface area contributed by atoms with Gasteiger partial charge in [0, 0.05) is 4.78 Å². The second-order valence-corrected chi connectivity index (χ2v) is 4.44. The maximum Gasteiger partial charge on any atom is 0.499 e. The van der Waals surface area contributed by atoms with E-state index in [1.807, 2.05) is 11.4 Å². The van der Waals surface area contributed by atoms with Gasteiger partial charge in [-0.05, 0) is 29.9 Å². The zero-order valence-electron chi connectivity index (χ0n) is 8.57. The molecular formula is C10H17BO2S. The van der Waals surface area contributed by atoms with Crippen LogP contribution in [0.4, 0.5) is 0 Å². The van der Waals surface area contributed by atoms with Crippen molar-refractivity contribution in [2.24, 2.45) is 0 Å². The summed E-state index contributed by atoms with van der Waals surface area (Å²) in [6.07, 6.45) is 5.84. The van der Waals surface area contributed by atoms with E-state index in [9.17, 15) is 0 Å². The molecule has 2 N–H and O–H groups in total. The van der Waals surface area contributed by atoms with Gasteiger partial charge in [0.15, 0.2) is 0 Å². The molecule has 1 rings (SSSR count). The highest BCUT2D eigenvalue weighted by atomic mass is 32.1. The van der Waals surface area contributed by atoms with Gasteiger partial charge >= 0.3 is 7.12 Å². The fourth-order valence-corrected chi connectivity index (χ4v) is 2.34. The van der Waals surface area contributed by atoms with Crippen molar-refractivity contribution >= 4 is 23.2 Å². The van der Waals surface area contributed by atoms with Gasteiger partial charge in [0.05, 0.1) is 0 Å². The zero-order valence-corrected chi connectivity index (χ0v) is 9.39. The monoisotopic (exact) mass is 212 g/mol. The first-order valence-electron chi connectivity index (χ1n) is 5.18. The van der Waals surface area contributed by atoms with E-state index in [4.69, 9.17) is 10.0 Å². The van der Waals surface area contributed by atoms with Gasteiger partial charge in [-0.2, -0.15) is 11.3 Å². The smallest absolute Gasteiger partial charge is 0.423 e. The fourth-order valence-electron chi connectivity index (χ4n) is 1.52. The number of hydrogen-bond acceptors (Lipinski definition) is 3. The topological polar surface area (TPSA) is 40.5 Å². The van der Waals surface area contributed by atoms with Gasteiger partial charge in [-0.1, -0.05) is 26.2 Å².